The van der Waals surface area contributed by atoms with Gasteiger partial charge >= 0.3 is 0 Å². The van der Waals surface area contributed by atoms with Crippen molar-refractivity contribution in [3.8, 4) is 0 Å². The summed E-state index contributed by atoms with van der Waals surface area (Å²) in [7, 11) is 0. The number of nitrogens with zero attached hydrogens (tertiary/aromatic N) is 2. The van der Waals surface area contributed by atoms with E-state index in [2.05, 4.69) is 36.4 Å². The largest absolute Gasteiger partial charge is 0.357 e. The zero-order valence-electron chi connectivity index (χ0n) is 14.7. The molecule has 1 heterocycles. The molecule has 0 radical (unpaired) electrons. The Morgan fingerprint density at radius 1 is 1.23 bits per heavy atom. The van der Waals surface area contributed by atoms with Crippen LogP contribution in [-0.2, 0) is 4.79 Å². The fourth-order valence-electron chi connectivity index (χ4n) is 2.71. The lowest BCUT2D eigenvalue weighted by Gasteiger charge is -2.18. The molecule has 1 unspecified atom stereocenters. The summed E-state index contributed by atoms with van der Waals surface area (Å²) >= 11 is 0. The maximum atomic E-state index is 12.0. The van der Waals surface area contributed by atoms with Gasteiger partial charge < -0.3 is 15.5 Å². The van der Waals surface area contributed by atoms with E-state index >= 15 is 0 Å². The lowest BCUT2D eigenvalue weighted by atomic mass is 10.1. The highest BCUT2D eigenvalue weighted by molar-refractivity contribution is 5.81. The van der Waals surface area contributed by atoms with Crippen LogP contribution in [0.5, 0.6) is 0 Å². The molecule has 0 spiro atoms. The Labute approximate surface area is 135 Å². The number of amides is 1. The van der Waals surface area contributed by atoms with Gasteiger partial charge in [-0.05, 0) is 33.1 Å². The molecule has 128 valence electrons. The molecule has 5 heteroatoms. The third-order valence-electron chi connectivity index (χ3n) is 4.02. The van der Waals surface area contributed by atoms with Crippen LogP contribution >= 0.6 is 0 Å². The van der Waals surface area contributed by atoms with Gasteiger partial charge in [-0.3, -0.25) is 9.79 Å². The highest BCUT2D eigenvalue weighted by Gasteiger charge is 2.17. The van der Waals surface area contributed by atoms with Crippen molar-refractivity contribution >= 4 is 11.9 Å². The second-order valence-electron chi connectivity index (χ2n) is 6.14. The van der Waals surface area contributed by atoms with Crippen LogP contribution in [-0.4, -0.2) is 49.0 Å². The van der Waals surface area contributed by atoms with Crippen LogP contribution in [0.1, 0.15) is 65.7 Å². The lowest BCUT2D eigenvalue weighted by molar-refractivity contribution is -0.129. The molecule has 0 saturated carbocycles. The first-order chi connectivity index (χ1) is 10.7. The summed E-state index contributed by atoms with van der Waals surface area (Å²) in [5, 5.41) is 6.70. The molecule has 0 bridgehead atoms. The van der Waals surface area contributed by atoms with Gasteiger partial charge in [0.05, 0.1) is 6.54 Å². The van der Waals surface area contributed by atoms with Gasteiger partial charge in [0, 0.05) is 32.1 Å². The lowest BCUT2D eigenvalue weighted by Crippen LogP contribution is -2.42. The quantitative estimate of drug-likeness (QED) is 0.391. The predicted octanol–water partition coefficient (Wildman–Crippen LogP) is 2.52. The SMILES string of the molecule is CCCCCC(C)NC(=NCCC(=O)N1CCCC1)NCC. The molecule has 0 aromatic heterocycles. The fraction of sp³-hybridized carbons (Fsp3) is 0.882. The van der Waals surface area contributed by atoms with Crippen LogP contribution in [0.15, 0.2) is 4.99 Å². The Morgan fingerprint density at radius 3 is 2.59 bits per heavy atom. The number of aliphatic imine (C=N–C) groups is 1. The molecule has 1 aliphatic heterocycles. The van der Waals surface area contributed by atoms with Crippen LogP contribution in [0.4, 0.5) is 0 Å². The summed E-state index contributed by atoms with van der Waals surface area (Å²) < 4.78 is 0. The van der Waals surface area contributed by atoms with Crippen LogP contribution in [0.25, 0.3) is 0 Å². The molecule has 1 fully saturated rings. The van der Waals surface area contributed by atoms with E-state index < -0.39 is 0 Å². The van der Waals surface area contributed by atoms with Gasteiger partial charge in [0.25, 0.3) is 0 Å². The van der Waals surface area contributed by atoms with Crippen LogP contribution < -0.4 is 10.6 Å². The molecule has 1 atom stereocenters. The summed E-state index contributed by atoms with van der Waals surface area (Å²) in [6.45, 7) is 9.73. The van der Waals surface area contributed by atoms with Gasteiger partial charge in [0.1, 0.15) is 0 Å². The van der Waals surface area contributed by atoms with E-state index in [1.165, 1.54) is 19.3 Å². The third-order valence-corrected chi connectivity index (χ3v) is 4.02. The van der Waals surface area contributed by atoms with E-state index in [4.69, 9.17) is 0 Å². The van der Waals surface area contributed by atoms with Gasteiger partial charge in [-0.25, -0.2) is 0 Å². The third kappa shape index (κ3) is 7.66. The summed E-state index contributed by atoms with van der Waals surface area (Å²) in [5.41, 5.74) is 0. The molecule has 5 nitrogen and oxygen atoms in total. The van der Waals surface area contributed by atoms with Gasteiger partial charge in [-0.1, -0.05) is 26.2 Å². The van der Waals surface area contributed by atoms with E-state index in [0.717, 1.165) is 44.9 Å². The molecule has 0 aromatic rings. The zero-order chi connectivity index (χ0) is 16.2. The monoisotopic (exact) mass is 310 g/mol. The Hall–Kier alpha value is -1.26. The van der Waals surface area contributed by atoms with Crippen molar-refractivity contribution in [3.05, 3.63) is 0 Å². The summed E-state index contributed by atoms with van der Waals surface area (Å²) in [6, 6.07) is 0.415. The molecule has 2 N–H and O–H groups in total. The second-order valence-corrected chi connectivity index (χ2v) is 6.14. The number of unbranched alkanes of at least 4 members (excludes halogenated alkanes) is 2. The molecule has 1 rings (SSSR count). The first-order valence-corrected chi connectivity index (χ1v) is 9.00. The fourth-order valence-corrected chi connectivity index (χ4v) is 2.71. The van der Waals surface area contributed by atoms with E-state index in [-0.39, 0.29) is 5.91 Å². The molecule has 1 saturated heterocycles. The minimum atomic E-state index is 0.244. The topological polar surface area (TPSA) is 56.7 Å². The Balaban J connectivity index is 2.32. The molecule has 1 amide bonds. The van der Waals surface area contributed by atoms with Crippen molar-refractivity contribution in [1.82, 2.24) is 15.5 Å². The second kappa shape index (κ2) is 11.3. The number of guanidine groups is 1. The average Bonchev–Trinajstić information content (AvgIpc) is 3.02. The highest BCUT2D eigenvalue weighted by atomic mass is 16.2. The van der Waals surface area contributed by atoms with E-state index in [1.807, 2.05) is 4.90 Å². The van der Waals surface area contributed by atoms with Crippen molar-refractivity contribution < 1.29 is 4.79 Å². The van der Waals surface area contributed by atoms with Crippen LogP contribution in [0.2, 0.25) is 0 Å². The molecular weight excluding hydrogens is 276 g/mol. The van der Waals surface area contributed by atoms with Gasteiger partial charge in [-0.15, -0.1) is 0 Å². The zero-order valence-corrected chi connectivity index (χ0v) is 14.7. The smallest absolute Gasteiger partial charge is 0.224 e. The van der Waals surface area contributed by atoms with Gasteiger partial charge in [0.15, 0.2) is 5.96 Å². The molecule has 0 aromatic carbocycles. The standard InChI is InChI=1S/C17H34N4O/c1-4-6-7-10-15(3)20-17(18-5-2)19-12-11-16(22)21-13-8-9-14-21/h15H,4-14H2,1-3H3,(H2,18,19,20). The Morgan fingerprint density at radius 2 is 1.95 bits per heavy atom. The summed E-state index contributed by atoms with van der Waals surface area (Å²) in [4.78, 5) is 18.5. The normalized spacial score (nSPS) is 16.7. The number of hydrogen-bond acceptors (Lipinski definition) is 2. The van der Waals surface area contributed by atoms with Crippen LogP contribution in [0, 0.1) is 0 Å². The van der Waals surface area contributed by atoms with Gasteiger partial charge in [-0.2, -0.15) is 0 Å². The maximum Gasteiger partial charge on any atom is 0.224 e. The summed E-state index contributed by atoms with van der Waals surface area (Å²) in [5.74, 6) is 1.08. The minimum Gasteiger partial charge on any atom is -0.357 e. The average molecular weight is 310 g/mol. The first kappa shape index (κ1) is 18.8. The number of likely N-dealkylation sites (tertiary alicyclic amines) is 1. The highest BCUT2D eigenvalue weighted by Crippen LogP contribution is 2.08. The number of nitrogens with one attached hydrogen (secondary N) is 2. The molecular formula is C17H34N4O. The predicted molar refractivity (Wildman–Crippen MR) is 93.1 cm³/mol. The Bertz CT molecular complexity index is 338. The number of rotatable bonds is 9. The van der Waals surface area contributed by atoms with E-state index in [9.17, 15) is 4.79 Å². The van der Waals surface area contributed by atoms with Crippen LogP contribution in [0.3, 0.4) is 0 Å². The Kier molecular flexibility index (Phi) is 9.67. The molecule has 1 aliphatic rings. The number of carbonyl (C=O) groups excluding carboxylic acids is 1. The van der Waals surface area contributed by atoms with E-state index in [1.54, 1.807) is 0 Å². The number of carbonyl (C=O) groups is 1. The van der Waals surface area contributed by atoms with Crippen molar-refractivity contribution in [3.63, 3.8) is 0 Å². The molecule has 0 aliphatic carbocycles. The van der Waals surface area contributed by atoms with Gasteiger partial charge in [0.2, 0.25) is 5.91 Å². The summed E-state index contributed by atoms with van der Waals surface area (Å²) in [6.07, 6.45) is 7.75. The van der Waals surface area contributed by atoms with Crippen molar-refractivity contribution in [1.29, 1.82) is 0 Å². The molecule has 22 heavy (non-hydrogen) atoms. The van der Waals surface area contributed by atoms with Crippen molar-refractivity contribution in [2.75, 3.05) is 26.2 Å². The van der Waals surface area contributed by atoms with Crippen molar-refractivity contribution in [2.45, 2.75) is 71.8 Å². The minimum absolute atomic E-state index is 0.244. The van der Waals surface area contributed by atoms with Crippen molar-refractivity contribution in [2.24, 2.45) is 4.99 Å². The maximum absolute atomic E-state index is 12.0. The first-order valence-electron chi connectivity index (χ1n) is 9.00. The van der Waals surface area contributed by atoms with E-state index in [0.29, 0.717) is 19.0 Å². The number of hydrogen-bond donors (Lipinski definition) is 2.